The summed E-state index contributed by atoms with van der Waals surface area (Å²) in [5, 5.41) is 14.4. The Balaban J connectivity index is 2.59. The van der Waals surface area contributed by atoms with Crippen molar-refractivity contribution in [1.29, 1.82) is 0 Å². The Morgan fingerprint density at radius 2 is 1.71 bits per heavy atom. The van der Waals surface area contributed by atoms with Crippen molar-refractivity contribution in [3.05, 3.63) is 34.3 Å². The number of carboxylic acid groups (broad SMARTS) is 1. The fourth-order valence-electron chi connectivity index (χ4n) is 1.92. The minimum atomic E-state index is -1.02. The normalized spacial score (nSPS) is 13.6. The number of carboxylic acids is 1. The molecule has 21 heavy (non-hydrogen) atoms. The fourth-order valence-corrected chi connectivity index (χ4v) is 2.19. The van der Waals surface area contributed by atoms with Gasteiger partial charge in [-0.1, -0.05) is 41.9 Å². The Hall–Kier alpha value is -1.56. The van der Waals surface area contributed by atoms with Gasteiger partial charge in [0.15, 0.2) is 0 Å². The summed E-state index contributed by atoms with van der Waals surface area (Å²) in [4.78, 5) is 23.0. The van der Waals surface area contributed by atoms with Crippen LogP contribution in [0.3, 0.4) is 0 Å². The molecule has 5 nitrogen and oxygen atoms in total. The zero-order valence-corrected chi connectivity index (χ0v) is 14.0. The van der Waals surface area contributed by atoms with E-state index < -0.39 is 18.0 Å². The summed E-state index contributed by atoms with van der Waals surface area (Å²) < 4.78 is 0.964. The van der Waals surface area contributed by atoms with Crippen LogP contribution in [0.15, 0.2) is 28.7 Å². The lowest BCUT2D eigenvalue weighted by Crippen LogP contribution is -2.47. The Kier molecular flexibility index (Phi) is 6.68. The summed E-state index contributed by atoms with van der Waals surface area (Å²) in [6.45, 7) is 5.68. The van der Waals surface area contributed by atoms with Crippen molar-refractivity contribution in [3.8, 4) is 0 Å². The zero-order chi connectivity index (χ0) is 16.0. The van der Waals surface area contributed by atoms with E-state index in [1.807, 2.05) is 45.0 Å². The van der Waals surface area contributed by atoms with Gasteiger partial charge >= 0.3 is 12.0 Å². The predicted molar refractivity (Wildman–Crippen MR) is 85.1 cm³/mol. The molecule has 1 rings (SSSR count). The highest BCUT2D eigenvalue weighted by atomic mass is 79.9. The standard InChI is InChI=1S/C15H21BrN2O3/c1-9(2)8-13(14(19)20)18-15(21)17-10(3)11-4-6-12(16)7-5-11/h4-7,9-10,13H,8H2,1-3H3,(H,19,20)(H2,17,18,21)/t10?,13-/m0/s1. The molecule has 2 atom stereocenters. The SMILES string of the molecule is CC(C)C[C@H](NC(=O)NC(C)c1ccc(Br)cc1)C(=O)O. The van der Waals surface area contributed by atoms with Gasteiger partial charge in [-0.3, -0.25) is 0 Å². The van der Waals surface area contributed by atoms with E-state index in [2.05, 4.69) is 26.6 Å². The van der Waals surface area contributed by atoms with Crippen LogP contribution in [-0.4, -0.2) is 23.1 Å². The second-order valence-corrected chi connectivity index (χ2v) is 6.33. The van der Waals surface area contributed by atoms with Crippen LogP contribution in [0, 0.1) is 5.92 Å². The number of rotatable bonds is 6. The van der Waals surface area contributed by atoms with E-state index in [-0.39, 0.29) is 12.0 Å². The van der Waals surface area contributed by atoms with E-state index in [4.69, 9.17) is 5.11 Å². The van der Waals surface area contributed by atoms with Gasteiger partial charge in [0.25, 0.3) is 0 Å². The fraction of sp³-hybridized carbons (Fsp3) is 0.467. The lowest BCUT2D eigenvalue weighted by Gasteiger charge is -2.19. The molecule has 1 aromatic rings. The summed E-state index contributed by atoms with van der Waals surface area (Å²) in [6, 6.07) is 6.04. The number of urea groups is 1. The molecular weight excluding hydrogens is 336 g/mol. The van der Waals surface area contributed by atoms with Crippen LogP contribution in [0.2, 0.25) is 0 Å². The molecule has 0 aliphatic carbocycles. The Bertz CT molecular complexity index is 488. The molecular formula is C15H21BrN2O3. The maximum atomic E-state index is 11.9. The molecule has 0 saturated carbocycles. The highest BCUT2D eigenvalue weighted by Gasteiger charge is 2.21. The van der Waals surface area contributed by atoms with Crippen molar-refractivity contribution in [3.63, 3.8) is 0 Å². The number of hydrogen-bond acceptors (Lipinski definition) is 2. The predicted octanol–water partition coefficient (Wildman–Crippen LogP) is 3.31. The Morgan fingerprint density at radius 3 is 2.19 bits per heavy atom. The molecule has 0 spiro atoms. The first kappa shape index (κ1) is 17.5. The minimum Gasteiger partial charge on any atom is -0.480 e. The van der Waals surface area contributed by atoms with E-state index in [0.29, 0.717) is 6.42 Å². The third-order valence-electron chi connectivity index (χ3n) is 3.03. The van der Waals surface area contributed by atoms with Crippen molar-refractivity contribution in [2.45, 2.75) is 39.3 Å². The van der Waals surface area contributed by atoms with Crippen LogP contribution in [0.25, 0.3) is 0 Å². The van der Waals surface area contributed by atoms with Crippen LogP contribution < -0.4 is 10.6 Å². The average molecular weight is 357 g/mol. The van der Waals surface area contributed by atoms with E-state index >= 15 is 0 Å². The maximum absolute atomic E-state index is 11.9. The zero-order valence-electron chi connectivity index (χ0n) is 12.4. The van der Waals surface area contributed by atoms with Gasteiger partial charge in [-0.2, -0.15) is 0 Å². The summed E-state index contributed by atoms with van der Waals surface area (Å²) in [7, 11) is 0. The first-order chi connectivity index (χ1) is 9.79. The van der Waals surface area contributed by atoms with Gasteiger partial charge in [0.2, 0.25) is 0 Å². The molecule has 0 fully saturated rings. The maximum Gasteiger partial charge on any atom is 0.326 e. The van der Waals surface area contributed by atoms with Gasteiger partial charge in [0.05, 0.1) is 6.04 Å². The van der Waals surface area contributed by atoms with Crippen molar-refractivity contribution >= 4 is 27.9 Å². The van der Waals surface area contributed by atoms with Crippen molar-refractivity contribution in [2.75, 3.05) is 0 Å². The quantitative estimate of drug-likeness (QED) is 0.731. The first-order valence-corrected chi connectivity index (χ1v) is 7.64. The van der Waals surface area contributed by atoms with E-state index in [9.17, 15) is 9.59 Å². The van der Waals surface area contributed by atoms with Crippen molar-refractivity contribution < 1.29 is 14.7 Å². The van der Waals surface area contributed by atoms with Gasteiger partial charge in [-0.05, 0) is 37.0 Å². The molecule has 3 N–H and O–H groups in total. The van der Waals surface area contributed by atoms with Crippen LogP contribution in [-0.2, 0) is 4.79 Å². The third kappa shape index (κ3) is 6.16. The number of amides is 2. The number of aliphatic carboxylic acids is 1. The molecule has 0 aliphatic heterocycles. The molecule has 0 saturated heterocycles. The molecule has 6 heteroatoms. The van der Waals surface area contributed by atoms with E-state index in [0.717, 1.165) is 10.0 Å². The smallest absolute Gasteiger partial charge is 0.326 e. The molecule has 1 unspecified atom stereocenters. The highest BCUT2D eigenvalue weighted by molar-refractivity contribution is 9.10. The van der Waals surface area contributed by atoms with Gasteiger partial charge < -0.3 is 15.7 Å². The van der Waals surface area contributed by atoms with Gasteiger partial charge in [-0.25, -0.2) is 9.59 Å². The van der Waals surface area contributed by atoms with Crippen LogP contribution in [0.4, 0.5) is 4.79 Å². The number of benzene rings is 1. The van der Waals surface area contributed by atoms with Gasteiger partial charge in [-0.15, -0.1) is 0 Å². The second kappa shape index (κ2) is 8.02. The number of carbonyl (C=O) groups excluding carboxylic acids is 1. The molecule has 1 aromatic carbocycles. The number of carbonyl (C=O) groups is 2. The molecule has 2 amide bonds. The first-order valence-electron chi connectivity index (χ1n) is 6.85. The summed E-state index contributed by atoms with van der Waals surface area (Å²) in [5.74, 6) is -0.828. The molecule has 116 valence electrons. The second-order valence-electron chi connectivity index (χ2n) is 5.41. The Morgan fingerprint density at radius 1 is 1.14 bits per heavy atom. The molecule has 0 heterocycles. The highest BCUT2D eigenvalue weighted by Crippen LogP contribution is 2.16. The molecule has 0 radical (unpaired) electrons. The summed E-state index contributed by atoms with van der Waals surface area (Å²) in [6.07, 6.45) is 0.398. The van der Waals surface area contributed by atoms with Crippen molar-refractivity contribution in [1.82, 2.24) is 10.6 Å². The topological polar surface area (TPSA) is 78.4 Å². The minimum absolute atomic E-state index is 0.190. The van der Waals surface area contributed by atoms with Crippen LogP contribution >= 0.6 is 15.9 Å². The summed E-state index contributed by atoms with van der Waals surface area (Å²) in [5.41, 5.74) is 0.948. The molecule has 0 aliphatic rings. The molecule has 0 aromatic heterocycles. The molecule has 0 bridgehead atoms. The lowest BCUT2D eigenvalue weighted by atomic mass is 10.0. The largest absolute Gasteiger partial charge is 0.480 e. The monoisotopic (exact) mass is 356 g/mol. The van der Waals surface area contributed by atoms with E-state index in [1.54, 1.807) is 0 Å². The van der Waals surface area contributed by atoms with Crippen LogP contribution in [0.1, 0.15) is 38.8 Å². The van der Waals surface area contributed by atoms with E-state index in [1.165, 1.54) is 0 Å². The third-order valence-corrected chi connectivity index (χ3v) is 3.56. The average Bonchev–Trinajstić information content (AvgIpc) is 2.37. The van der Waals surface area contributed by atoms with Gasteiger partial charge in [0.1, 0.15) is 6.04 Å². The van der Waals surface area contributed by atoms with Crippen LogP contribution in [0.5, 0.6) is 0 Å². The van der Waals surface area contributed by atoms with Gasteiger partial charge in [0, 0.05) is 4.47 Å². The number of nitrogens with one attached hydrogen (secondary N) is 2. The Labute approximate surface area is 133 Å². The number of hydrogen-bond donors (Lipinski definition) is 3. The lowest BCUT2D eigenvalue weighted by molar-refractivity contribution is -0.139. The number of halogens is 1. The summed E-state index contributed by atoms with van der Waals surface area (Å²) >= 11 is 3.35. The van der Waals surface area contributed by atoms with Crippen molar-refractivity contribution in [2.24, 2.45) is 5.92 Å².